The molecule has 0 bridgehead atoms. The monoisotopic (exact) mass is 354 g/mol. The van der Waals surface area contributed by atoms with Gasteiger partial charge in [0.05, 0.1) is 0 Å². The zero-order chi connectivity index (χ0) is 18.4. The molecule has 2 aromatic rings. The summed E-state index contributed by atoms with van der Waals surface area (Å²) in [5, 5.41) is 0. The number of rotatable bonds is 6. The summed E-state index contributed by atoms with van der Waals surface area (Å²) in [6.07, 6.45) is 8.67. The minimum atomic E-state index is -1.66. The van der Waals surface area contributed by atoms with Crippen molar-refractivity contribution in [1.29, 1.82) is 0 Å². The Hall–Kier alpha value is -1.96. The van der Waals surface area contributed by atoms with Crippen molar-refractivity contribution in [2.75, 3.05) is 0 Å². The van der Waals surface area contributed by atoms with Gasteiger partial charge >= 0.3 is 0 Å². The minimum absolute atomic E-state index is 0.533. The van der Waals surface area contributed by atoms with Crippen molar-refractivity contribution >= 4 is 6.08 Å². The van der Waals surface area contributed by atoms with Crippen LogP contribution < -0.4 is 0 Å². The van der Waals surface area contributed by atoms with E-state index in [-0.39, 0.29) is 0 Å². The van der Waals surface area contributed by atoms with Crippen molar-refractivity contribution in [2.45, 2.75) is 57.8 Å². The molecule has 0 aromatic heterocycles. The maximum Gasteiger partial charge on any atom is 0.270 e. The van der Waals surface area contributed by atoms with Gasteiger partial charge in [-0.05, 0) is 59.8 Å². The predicted molar refractivity (Wildman–Crippen MR) is 106 cm³/mol. The predicted octanol–water partition coefficient (Wildman–Crippen LogP) is 8.06. The largest absolute Gasteiger partial charge is 0.270 e. The van der Waals surface area contributed by atoms with Crippen molar-refractivity contribution in [3.05, 3.63) is 65.7 Å². The molecule has 0 atom stereocenters. The van der Waals surface area contributed by atoms with Crippen LogP contribution in [0.25, 0.3) is 17.2 Å². The molecule has 0 aliphatic heterocycles. The van der Waals surface area contributed by atoms with Gasteiger partial charge in [-0.25, -0.2) is 0 Å². The van der Waals surface area contributed by atoms with E-state index < -0.39 is 6.08 Å². The summed E-state index contributed by atoms with van der Waals surface area (Å²) in [5.74, 6) is 1.63. The van der Waals surface area contributed by atoms with Gasteiger partial charge in [0.25, 0.3) is 6.08 Å². The molecule has 1 aliphatic carbocycles. The fraction of sp³-hybridized carbons (Fsp3) is 0.417. The molecule has 2 heteroatoms. The smallest absolute Gasteiger partial charge is 0.173 e. The number of halogens is 2. The average molecular weight is 354 g/mol. The second kappa shape index (κ2) is 9.12. The molecule has 0 radical (unpaired) electrons. The Bertz CT molecular complexity index is 701. The lowest BCUT2D eigenvalue weighted by molar-refractivity contribution is 0.304. The summed E-state index contributed by atoms with van der Waals surface area (Å²) in [5.41, 5.74) is 4.19. The Kier molecular flexibility index (Phi) is 6.60. The van der Waals surface area contributed by atoms with E-state index in [9.17, 15) is 8.78 Å². The van der Waals surface area contributed by atoms with Gasteiger partial charge in [-0.15, -0.1) is 0 Å². The van der Waals surface area contributed by atoms with Gasteiger partial charge < -0.3 is 0 Å². The normalized spacial score (nSPS) is 20.0. The third-order valence-corrected chi connectivity index (χ3v) is 5.71. The number of hydrogen-bond donors (Lipinski definition) is 0. The van der Waals surface area contributed by atoms with E-state index in [2.05, 4.69) is 31.2 Å². The van der Waals surface area contributed by atoms with Gasteiger partial charge in [0.2, 0.25) is 0 Å². The van der Waals surface area contributed by atoms with Crippen LogP contribution in [0, 0.1) is 5.92 Å². The molecular weight excluding hydrogens is 326 g/mol. The van der Waals surface area contributed by atoms with Gasteiger partial charge in [-0.1, -0.05) is 74.7 Å². The molecule has 0 spiro atoms. The molecule has 1 fully saturated rings. The van der Waals surface area contributed by atoms with Crippen molar-refractivity contribution in [1.82, 2.24) is 0 Å². The van der Waals surface area contributed by atoms with Crippen molar-refractivity contribution in [2.24, 2.45) is 5.92 Å². The van der Waals surface area contributed by atoms with E-state index in [4.69, 9.17) is 0 Å². The highest BCUT2D eigenvalue weighted by Crippen LogP contribution is 2.38. The first-order chi connectivity index (χ1) is 12.7. The second-order valence-corrected chi connectivity index (χ2v) is 7.54. The van der Waals surface area contributed by atoms with E-state index in [0.29, 0.717) is 11.5 Å². The lowest BCUT2D eigenvalue weighted by atomic mass is 9.77. The lowest BCUT2D eigenvalue weighted by Crippen LogP contribution is -2.13. The first-order valence-electron chi connectivity index (χ1n) is 9.89. The summed E-state index contributed by atoms with van der Waals surface area (Å²) >= 11 is 0. The van der Waals surface area contributed by atoms with Gasteiger partial charge in [0.1, 0.15) is 0 Å². The van der Waals surface area contributed by atoms with E-state index in [1.807, 2.05) is 12.1 Å². The van der Waals surface area contributed by atoms with Crippen LogP contribution in [0.1, 0.15) is 68.9 Å². The van der Waals surface area contributed by atoms with Crippen molar-refractivity contribution < 1.29 is 8.78 Å². The Morgan fingerprint density at radius 2 is 1.46 bits per heavy atom. The Morgan fingerprint density at radius 3 is 2.00 bits per heavy atom. The molecule has 1 saturated carbocycles. The van der Waals surface area contributed by atoms with Gasteiger partial charge in [-0.3, -0.25) is 0 Å². The highest BCUT2D eigenvalue weighted by atomic mass is 19.3. The number of unbranched alkanes of at least 4 members (excludes halogenated alkanes) is 1. The molecule has 0 N–H and O–H groups in total. The molecule has 0 nitrogen and oxygen atoms in total. The second-order valence-electron chi connectivity index (χ2n) is 7.54. The molecule has 26 heavy (non-hydrogen) atoms. The molecule has 138 valence electrons. The average Bonchev–Trinajstić information content (AvgIpc) is 2.67. The summed E-state index contributed by atoms with van der Waals surface area (Å²) in [6.45, 7) is 2.27. The lowest BCUT2D eigenvalue weighted by Gasteiger charge is -2.29. The molecule has 0 unspecified atom stereocenters. The van der Waals surface area contributed by atoms with Gasteiger partial charge in [-0.2, -0.15) is 8.78 Å². The topological polar surface area (TPSA) is 0 Å². The SMILES string of the molecule is CCCCC1CCC(c2ccc(-c3ccc(C=C(F)F)cc3)cc2)CC1. The Balaban J connectivity index is 1.61. The van der Waals surface area contributed by atoms with Crippen LogP contribution in [0.3, 0.4) is 0 Å². The molecular formula is C24H28F2. The van der Waals surface area contributed by atoms with Crippen LogP contribution in [-0.4, -0.2) is 0 Å². The third kappa shape index (κ3) is 5.03. The maximum atomic E-state index is 12.3. The van der Waals surface area contributed by atoms with Crippen molar-refractivity contribution in [3.63, 3.8) is 0 Å². The first-order valence-corrected chi connectivity index (χ1v) is 9.89. The van der Waals surface area contributed by atoms with Gasteiger partial charge in [0.15, 0.2) is 0 Å². The Labute approximate surface area is 156 Å². The summed E-state index contributed by atoms with van der Waals surface area (Å²) in [7, 11) is 0. The third-order valence-electron chi connectivity index (χ3n) is 5.71. The van der Waals surface area contributed by atoms with E-state index in [1.54, 1.807) is 12.1 Å². The summed E-state index contributed by atoms with van der Waals surface area (Å²) in [4.78, 5) is 0. The minimum Gasteiger partial charge on any atom is -0.173 e. The van der Waals surface area contributed by atoms with E-state index >= 15 is 0 Å². The molecule has 3 rings (SSSR count). The molecule has 0 heterocycles. The highest BCUT2D eigenvalue weighted by Gasteiger charge is 2.21. The van der Waals surface area contributed by atoms with Gasteiger partial charge in [0, 0.05) is 6.08 Å². The fourth-order valence-corrected chi connectivity index (χ4v) is 4.12. The van der Waals surface area contributed by atoms with Crippen LogP contribution >= 0.6 is 0 Å². The zero-order valence-corrected chi connectivity index (χ0v) is 15.6. The van der Waals surface area contributed by atoms with Crippen LogP contribution in [0.4, 0.5) is 8.78 Å². The summed E-state index contributed by atoms with van der Waals surface area (Å²) in [6, 6.07) is 16.1. The zero-order valence-electron chi connectivity index (χ0n) is 15.6. The van der Waals surface area contributed by atoms with Crippen LogP contribution in [0.5, 0.6) is 0 Å². The first kappa shape index (κ1) is 18.8. The van der Waals surface area contributed by atoms with Crippen molar-refractivity contribution in [3.8, 4) is 11.1 Å². The van der Waals surface area contributed by atoms with Crippen LogP contribution in [0.15, 0.2) is 54.6 Å². The maximum absolute atomic E-state index is 12.3. The molecule has 0 saturated heterocycles. The van der Waals surface area contributed by atoms with Crippen LogP contribution in [-0.2, 0) is 0 Å². The Morgan fingerprint density at radius 1 is 0.885 bits per heavy atom. The number of hydrogen-bond acceptors (Lipinski definition) is 0. The standard InChI is InChI=1S/C24H28F2/c1-2-3-4-18-5-9-20(10-6-18)22-13-15-23(16-14-22)21-11-7-19(8-12-21)17-24(25)26/h7-8,11-18,20H,2-6,9-10H2,1H3. The fourth-order valence-electron chi connectivity index (χ4n) is 4.12. The molecule has 0 amide bonds. The van der Waals surface area contributed by atoms with Crippen LogP contribution in [0.2, 0.25) is 0 Å². The number of benzene rings is 2. The molecule has 2 aromatic carbocycles. The van der Waals surface area contributed by atoms with E-state index in [0.717, 1.165) is 23.1 Å². The van der Waals surface area contributed by atoms with E-state index in [1.165, 1.54) is 50.5 Å². The summed E-state index contributed by atoms with van der Waals surface area (Å²) < 4.78 is 24.6. The quantitative estimate of drug-likeness (QED) is 0.492. The highest BCUT2D eigenvalue weighted by molar-refractivity contribution is 5.66. The molecule has 1 aliphatic rings.